The van der Waals surface area contributed by atoms with E-state index in [0.717, 1.165) is 5.56 Å². The smallest absolute Gasteiger partial charge is 0.238 e. The van der Waals surface area contributed by atoms with Gasteiger partial charge in [-0.3, -0.25) is 4.79 Å². The van der Waals surface area contributed by atoms with Gasteiger partial charge >= 0.3 is 0 Å². The summed E-state index contributed by atoms with van der Waals surface area (Å²) in [6, 6.07) is 12.9. The number of carbonyl (C=O) groups excluding carboxylic acids is 1. The molecule has 0 fully saturated rings. The van der Waals surface area contributed by atoms with E-state index in [0.29, 0.717) is 27.3 Å². The van der Waals surface area contributed by atoms with E-state index in [1.54, 1.807) is 0 Å². The molecule has 1 amide bonds. The van der Waals surface area contributed by atoms with Crippen molar-refractivity contribution in [1.29, 1.82) is 0 Å². The molecule has 0 aromatic heterocycles. The van der Waals surface area contributed by atoms with E-state index < -0.39 is 0 Å². The maximum absolute atomic E-state index is 11.8. The second kappa shape index (κ2) is 7.66. The van der Waals surface area contributed by atoms with Gasteiger partial charge in [0.1, 0.15) is 0 Å². The number of carbonyl (C=O) groups is 1. The molecule has 110 valence electrons. The summed E-state index contributed by atoms with van der Waals surface area (Å²) in [7, 11) is 0. The van der Waals surface area contributed by atoms with Crippen LogP contribution in [0.2, 0.25) is 15.1 Å². The quantitative estimate of drug-likeness (QED) is 0.791. The Hall–Kier alpha value is -1.26. The molecule has 0 aliphatic carbocycles. The number of nitrogens with one attached hydrogen (secondary N) is 2. The highest BCUT2D eigenvalue weighted by atomic mass is 35.5. The average Bonchev–Trinajstić information content (AvgIpc) is 2.46. The molecule has 0 unspecified atom stereocenters. The number of anilines is 1. The number of hydrogen-bond donors (Lipinski definition) is 2. The van der Waals surface area contributed by atoms with Crippen LogP contribution in [0.1, 0.15) is 5.56 Å². The number of rotatable bonds is 5. The standard InChI is InChI=1S/C15H13Cl3N2O/c16-11-6-13(18)14(7-12(11)17)20-15(21)9-19-8-10-4-2-1-3-5-10/h1-7,19H,8-9H2,(H,20,21). The zero-order chi connectivity index (χ0) is 15.2. The predicted octanol–water partition coefficient (Wildman–Crippen LogP) is 4.38. The van der Waals surface area contributed by atoms with Crippen molar-refractivity contribution in [2.45, 2.75) is 6.54 Å². The van der Waals surface area contributed by atoms with Gasteiger partial charge in [0.15, 0.2) is 0 Å². The summed E-state index contributed by atoms with van der Waals surface area (Å²) in [6.45, 7) is 0.787. The lowest BCUT2D eigenvalue weighted by molar-refractivity contribution is -0.115. The zero-order valence-corrected chi connectivity index (χ0v) is 13.3. The van der Waals surface area contributed by atoms with Gasteiger partial charge in [-0.25, -0.2) is 0 Å². The first-order chi connectivity index (χ1) is 10.1. The first-order valence-corrected chi connectivity index (χ1v) is 7.38. The SMILES string of the molecule is O=C(CNCc1ccccc1)Nc1cc(Cl)c(Cl)cc1Cl. The summed E-state index contributed by atoms with van der Waals surface area (Å²) in [5.74, 6) is -0.203. The Kier molecular flexibility index (Phi) is 5.88. The first-order valence-electron chi connectivity index (χ1n) is 6.25. The van der Waals surface area contributed by atoms with Crippen molar-refractivity contribution in [3.8, 4) is 0 Å². The highest BCUT2D eigenvalue weighted by Crippen LogP contribution is 2.32. The summed E-state index contributed by atoms with van der Waals surface area (Å²) in [4.78, 5) is 11.8. The lowest BCUT2D eigenvalue weighted by Crippen LogP contribution is -2.27. The minimum absolute atomic E-state index is 0.172. The molecular weight excluding hydrogens is 331 g/mol. The summed E-state index contributed by atoms with van der Waals surface area (Å²) < 4.78 is 0. The topological polar surface area (TPSA) is 41.1 Å². The first kappa shape index (κ1) is 16.1. The number of halogens is 3. The average molecular weight is 344 g/mol. The molecule has 2 aromatic rings. The van der Waals surface area contributed by atoms with Crippen LogP contribution in [-0.2, 0) is 11.3 Å². The summed E-state index contributed by atoms with van der Waals surface area (Å²) in [6.07, 6.45) is 0. The van der Waals surface area contributed by atoms with Gasteiger partial charge in [-0.2, -0.15) is 0 Å². The maximum atomic E-state index is 11.8. The molecule has 0 aliphatic heterocycles. The van der Waals surface area contributed by atoms with Gasteiger partial charge in [0.2, 0.25) is 5.91 Å². The Bertz CT molecular complexity index is 632. The summed E-state index contributed by atoms with van der Waals surface area (Å²) in [5.41, 5.74) is 1.55. The molecule has 2 N–H and O–H groups in total. The van der Waals surface area contributed by atoms with Gasteiger partial charge in [-0.15, -0.1) is 0 Å². The second-order valence-corrected chi connectivity index (χ2v) is 5.61. The molecule has 0 saturated carbocycles. The number of benzene rings is 2. The summed E-state index contributed by atoms with van der Waals surface area (Å²) >= 11 is 17.7. The van der Waals surface area contributed by atoms with E-state index in [2.05, 4.69) is 10.6 Å². The van der Waals surface area contributed by atoms with Gasteiger partial charge in [0.25, 0.3) is 0 Å². The third kappa shape index (κ3) is 4.90. The Morgan fingerprint density at radius 3 is 2.33 bits per heavy atom. The van der Waals surface area contributed by atoms with Crippen molar-refractivity contribution in [1.82, 2.24) is 5.32 Å². The Balaban J connectivity index is 1.86. The molecule has 0 heterocycles. The van der Waals surface area contributed by atoms with Crippen LogP contribution < -0.4 is 10.6 Å². The van der Waals surface area contributed by atoms with Crippen molar-refractivity contribution in [3.63, 3.8) is 0 Å². The minimum atomic E-state index is -0.203. The van der Waals surface area contributed by atoms with Gasteiger partial charge in [0, 0.05) is 6.54 Å². The van der Waals surface area contributed by atoms with Crippen LogP contribution in [-0.4, -0.2) is 12.5 Å². The Morgan fingerprint density at radius 1 is 0.952 bits per heavy atom. The van der Waals surface area contributed by atoms with Gasteiger partial charge < -0.3 is 10.6 Å². The molecule has 2 aromatic carbocycles. The molecule has 0 spiro atoms. The van der Waals surface area contributed by atoms with Crippen molar-refractivity contribution in [2.75, 3.05) is 11.9 Å². The fourth-order valence-electron chi connectivity index (χ4n) is 1.73. The molecule has 0 radical (unpaired) electrons. The molecule has 3 nitrogen and oxygen atoms in total. The van der Waals surface area contributed by atoms with Gasteiger partial charge in [-0.1, -0.05) is 65.1 Å². The maximum Gasteiger partial charge on any atom is 0.238 e. The van der Waals surface area contributed by atoms with E-state index in [1.807, 2.05) is 30.3 Å². The largest absolute Gasteiger partial charge is 0.324 e. The minimum Gasteiger partial charge on any atom is -0.324 e. The van der Waals surface area contributed by atoms with E-state index in [-0.39, 0.29) is 12.5 Å². The third-order valence-electron chi connectivity index (χ3n) is 2.74. The molecular formula is C15H13Cl3N2O. The van der Waals surface area contributed by atoms with Crippen molar-refractivity contribution in [2.24, 2.45) is 0 Å². The molecule has 2 rings (SSSR count). The van der Waals surface area contributed by atoms with Crippen molar-refractivity contribution >= 4 is 46.4 Å². The van der Waals surface area contributed by atoms with Crippen LogP contribution in [0.25, 0.3) is 0 Å². The van der Waals surface area contributed by atoms with Crippen LogP contribution in [0.4, 0.5) is 5.69 Å². The lowest BCUT2D eigenvalue weighted by Gasteiger charge is -2.09. The van der Waals surface area contributed by atoms with Crippen LogP contribution in [0, 0.1) is 0 Å². The van der Waals surface area contributed by atoms with E-state index in [1.165, 1.54) is 12.1 Å². The van der Waals surface area contributed by atoms with Gasteiger partial charge in [-0.05, 0) is 17.7 Å². The molecule has 6 heteroatoms. The molecule has 0 atom stereocenters. The van der Waals surface area contributed by atoms with Crippen molar-refractivity contribution in [3.05, 3.63) is 63.1 Å². The molecule has 0 saturated heterocycles. The highest BCUT2D eigenvalue weighted by Gasteiger charge is 2.09. The van der Waals surface area contributed by atoms with E-state index in [4.69, 9.17) is 34.8 Å². The van der Waals surface area contributed by atoms with E-state index in [9.17, 15) is 4.79 Å². The Morgan fingerprint density at radius 2 is 1.62 bits per heavy atom. The monoisotopic (exact) mass is 342 g/mol. The third-order valence-corrected chi connectivity index (χ3v) is 3.78. The Labute approximate surface area is 138 Å². The van der Waals surface area contributed by atoms with Gasteiger partial charge in [0.05, 0.1) is 27.3 Å². The fourth-order valence-corrected chi connectivity index (χ4v) is 2.32. The molecule has 0 bridgehead atoms. The molecule has 0 aliphatic rings. The van der Waals surface area contributed by atoms with E-state index >= 15 is 0 Å². The van der Waals surface area contributed by atoms with Crippen LogP contribution in [0.5, 0.6) is 0 Å². The lowest BCUT2D eigenvalue weighted by atomic mass is 10.2. The highest BCUT2D eigenvalue weighted by molar-refractivity contribution is 6.44. The normalized spacial score (nSPS) is 10.4. The van der Waals surface area contributed by atoms with Crippen LogP contribution in [0.3, 0.4) is 0 Å². The second-order valence-electron chi connectivity index (χ2n) is 4.38. The van der Waals surface area contributed by atoms with Crippen LogP contribution in [0.15, 0.2) is 42.5 Å². The predicted molar refractivity (Wildman–Crippen MR) is 88.3 cm³/mol. The summed E-state index contributed by atoms with van der Waals surface area (Å²) in [5, 5.41) is 6.78. The number of amides is 1. The molecule has 21 heavy (non-hydrogen) atoms. The van der Waals surface area contributed by atoms with Crippen LogP contribution >= 0.6 is 34.8 Å². The fraction of sp³-hybridized carbons (Fsp3) is 0.133. The number of hydrogen-bond acceptors (Lipinski definition) is 2. The van der Waals surface area contributed by atoms with Crippen molar-refractivity contribution < 1.29 is 4.79 Å². The zero-order valence-electron chi connectivity index (χ0n) is 11.0.